The summed E-state index contributed by atoms with van der Waals surface area (Å²) >= 11 is 0. The van der Waals surface area contributed by atoms with Crippen LogP contribution in [0.4, 0.5) is 0 Å². The van der Waals surface area contributed by atoms with Crippen LogP contribution < -0.4 is 0 Å². The van der Waals surface area contributed by atoms with Crippen molar-refractivity contribution in [2.45, 2.75) is 19.8 Å². The average molecular weight is 262 g/mol. The lowest BCUT2D eigenvalue weighted by Crippen LogP contribution is -2.49. The molecule has 17 heavy (non-hydrogen) atoms. The van der Waals surface area contributed by atoms with E-state index < -0.39 is 9.84 Å². The molecule has 1 rings (SSSR count). The van der Waals surface area contributed by atoms with Crippen LogP contribution in [0.2, 0.25) is 0 Å². The van der Waals surface area contributed by atoms with Gasteiger partial charge in [-0.1, -0.05) is 6.92 Å². The van der Waals surface area contributed by atoms with E-state index in [4.69, 9.17) is 0 Å². The minimum atomic E-state index is -2.88. The van der Waals surface area contributed by atoms with Gasteiger partial charge in [0, 0.05) is 45.4 Å². The zero-order chi connectivity index (χ0) is 12.9. The fourth-order valence-electron chi connectivity index (χ4n) is 1.89. The molecular formula is C11H22N2O3S. The van der Waals surface area contributed by atoms with Crippen molar-refractivity contribution in [3.05, 3.63) is 0 Å². The Morgan fingerprint density at radius 2 is 1.76 bits per heavy atom. The molecule has 0 bridgehead atoms. The third-order valence-electron chi connectivity index (χ3n) is 2.97. The first-order chi connectivity index (χ1) is 7.92. The summed E-state index contributed by atoms with van der Waals surface area (Å²) < 4.78 is 22.1. The maximum Gasteiger partial charge on any atom is 0.222 e. The monoisotopic (exact) mass is 262 g/mol. The standard InChI is InChI=1S/C11H22N2O3S/c1-3-4-11(14)13-7-5-12(6-8-13)9-10-17(2,15)16/h3-10H2,1-2H3. The molecule has 0 N–H and O–H groups in total. The molecule has 5 nitrogen and oxygen atoms in total. The van der Waals surface area contributed by atoms with Gasteiger partial charge in [0.25, 0.3) is 0 Å². The smallest absolute Gasteiger partial charge is 0.222 e. The van der Waals surface area contributed by atoms with Gasteiger partial charge < -0.3 is 4.90 Å². The number of carbonyl (C=O) groups is 1. The molecule has 0 unspecified atom stereocenters. The topological polar surface area (TPSA) is 57.7 Å². The largest absolute Gasteiger partial charge is 0.340 e. The van der Waals surface area contributed by atoms with Gasteiger partial charge in [0.1, 0.15) is 9.84 Å². The number of hydrogen-bond donors (Lipinski definition) is 0. The third-order valence-corrected chi connectivity index (χ3v) is 3.89. The Balaban J connectivity index is 2.28. The molecule has 0 saturated carbocycles. The second-order valence-corrected chi connectivity index (χ2v) is 6.86. The Kier molecular flexibility index (Phi) is 5.39. The van der Waals surface area contributed by atoms with Crippen molar-refractivity contribution in [1.82, 2.24) is 9.80 Å². The molecular weight excluding hydrogens is 240 g/mol. The Morgan fingerprint density at radius 1 is 1.18 bits per heavy atom. The van der Waals surface area contributed by atoms with Crippen LogP contribution in [0.3, 0.4) is 0 Å². The molecule has 1 aliphatic rings. The molecule has 0 radical (unpaired) electrons. The predicted molar refractivity (Wildman–Crippen MR) is 67.6 cm³/mol. The van der Waals surface area contributed by atoms with Gasteiger partial charge in [-0.25, -0.2) is 8.42 Å². The highest BCUT2D eigenvalue weighted by atomic mass is 32.2. The van der Waals surface area contributed by atoms with Gasteiger partial charge in [-0.05, 0) is 6.42 Å². The maximum atomic E-state index is 11.6. The summed E-state index contributed by atoms with van der Waals surface area (Å²) in [6.45, 7) is 5.59. The minimum absolute atomic E-state index is 0.204. The summed E-state index contributed by atoms with van der Waals surface area (Å²) in [5.41, 5.74) is 0. The lowest BCUT2D eigenvalue weighted by Gasteiger charge is -2.34. The fraction of sp³-hybridized carbons (Fsp3) is 0.909. The second kappa shape index (κ2) is 6.35. The molecule has 6 heteroatoms. The van der Waals surface area contributed by atoms with Crippen LogP contribution >= 0.6 is 0 Å². The fourth-order valence-corrected chi connectivity index (χ4v) is 2.48. The first-order valence-corrected chi connectivity index (χ1v) is 8.16. The number of sulfone groups is 1. The van der Waals surface area contributed by atoms with E-state index in [1.807, 2.05) is 11.8 Å². The van der Waals surface area contributed by atoms with Crippen molar-refractivity contribution in [2.75, 3.05) is 44.7 Å². The molecule has 0 aromatic carbocycles. The predicted octanol–water partition coefficient (Wildman–Crippen LogP) is -0.0247. The number of rotatable bonds is 5. The maximum absolute atomic E-state index is 11.6. The third kappa shape index (κ3) is 5.50. The molecule has 1 saturated heterocycles. The Labute approximate surface area is 104 Å². The summed E-state index contributed by atoms with van der Waals surface area (Å²) in [4.78, 5) is 15.6. The number of hydrogen-bond acceptors (Lipinski definition) is 4. The van der Waals surface area contributed by atoms with E-state index in [9.17, 15) is 13.2 Å². The minimum Gasteiger partial charge on any atom is -0.340 e. The van der Waals surface area contributed by atoms with E-state index in [0.717, 1.165) is 32.6 Å². The van der Waals surface area contributed by atoms with Crippen LogP contribution in [0.25, 0.3) is 0 Å². The van der Waals surface area contributed by atoms with Crippen LogP contribution in [-0.2, 0) is 14.6 Å². The molecule has 0 spiro atoms. The van der Waals surface area contributed by atoms with Gasteiger partial charge in [0.15, 0.2) is 0 Å². The molecule has 1 amide bonds. The highest BCUT2D eigenvalue weighted by Crippen LogP contribution is 2.05. The molecule has 100 valence electrons. The summed E-state index contributed by atoms with van der Waals surface area (Å²) in [5, 5.41) is 0. The number of amides is 1. The van der Waals surface area contributed by atoms with Crippen molar-refractivity contribution < 1.29 is 13.2 Å². The molecule has 0 aromatic heterocycles. The molecule has 0 atom stereocenters. The summed E-state index contributed by atoms with van der Waals surface area (Å²) in [7, 11) is -2.88. The SMILES string of the molecule is CCCC(=O)N1CCN(CCS(C)(=O)=O)CC1. The zero-order valence-corrected chi connectivity index (χ0v) is 11.5. The van der Waals surface area contributed by atoms with Crippen molar-refractivity contribution >= 4 is 15.7 Å². The van der Waals surface area contributed by atoms with Crippen molar-refractivity contribution in [3.63, 3.8) is 0 Å². The molecule has 1 heterocycles. The summed E-state index contributed by atoms with van der Waals surface area (Å²) in [6, 6.07) is 0. The van der Waals surface area contributed by atoms with Gasteiger partial charge in [0.05, 0.1) is 5.75 Å². The van der Waals surface area contributed by atoms with Crippen LogP contribution in [0, 0.1) is 0 Å². The van der Waals surface area contributed by atoms with Gasteiger partial charge in [0.2, 0.25) is 5.91 Å². The first kappa shape index (κ1) is 14.4. The Bertz CT molecular complexity index is 346. The van der Waals surface area contributed by atoms with E-state index in [-0.39, 0.29) is 11.7 Å². The Morgan fingerprint density at radius 3 is 2.24 bits per heavy atom. The summed E-state index contributed by atoms with van der Waals surface area (Å²) in [5.74, 6) is 0.422. The van der Waals surface area contributed by atoms with Gasteiger partial charge in [-0.15, -0.1) is 0 Å². The van der Waals surface area contributed by atoms with Gasteiger partial charge in [-0.2, -0.15) is 0 Å². The zero-order valence-electron chi connectivity index (χ0n) is 10.7. The first-order valence-electron chi connectivity index (χ1n) is 6.10. The number of carbonyl (C=O) groups excluding carboxylic acids is 1. The Hall–Kier alpha value is -0.620. The second-order valence-electron chi connectivity index (χ2n) is 4.60. The normalized spacial score (nSPS) is 18.4. The highest BCUT2D eigenvalue weighted by Gasteiger charge is 2.20. The van der Waals surface area contributed by atoms with E-state index >= 15 is 0 Å². The van der Waals surface area contributed by atoms with Crippen LogP contribution in [-0.4, -0.2) is 68.9 Å². The van der Waals surface area contributed by atoms with Crippen molar-refractivity contribution in [2.24, 2.45) is 0 Å². The van der Waals surface area contributed by atoms with E-state index in [1.54, 1.807) is 0 Å². The number of nitrogens with zero attached hydrogens (tertiary/aromatic N) is 2. The lowest BCUT2D eigenvalue weighted by atomic mass is 10.2. The quantitative estimate of drug-likeness (QED) is 0.698. The van der Waals surface area contributed by atoms with Crippen molar-refractivity contribution in [3.8, 4) is 0 Å². The number of piperazine rings is 1. The highest BCUT2D eigenvalue weighted by molar-refractivity contribution is 7.90. The van der Waals surface area contributed by atoms with Crippen LogP contribution in [0.5, 0.6) is 0 Å². The average Bonchev–Trinajstić information content (AvgIpc) is 2.26. The van der Waals surface area contributed by atoms with Crippen LogP contribution in [0.15, 0.2) is 0 Å². The molecule has 1 fully saturated rings. The lowest BCUT2D eigenvalue weighted by molar-refractivity contribution is -0.132. The summed E-state index contributed by atoms with van der Waals surface area (Å²) in [6.07, 6.45) is 2.75. The van der Waals surface area contributed by atoms with E-state index in [2.05, 4.69) is 4.90 Å². The van der Waals surface area contributed by atoms with E-state index in [0.29, 0.717) is 13.0 Å². The molecule has 0 aliphatic carbocycles. The van der Waals surface area contributed by atoms with Crippen LogP contribution in [0.1, 0.15) is 19.8 Å². The van der Waals surface area contributed by atoms with Crippen molar-refractivity contribution in [1.29, 1.82) is 0 Å². The van der Waals surface area contributed by atoms with Gasteiger partial charge >= 0.3 is 0 Å². The van der Waals surface area contributed by atoms with E-state index in [1.165, 1.54) is 6.26 Å². The molecule has 1 aliphatic heterocycles. The van der Waals surface area contributed by atoms with Gasteiger partial charge in [-0.3, -0.25) is 9.69 Å². The molecule has 0 aromatic rings.